The van der Waals surface area contributed by atoms with Crippen molar-refractivity contribution in [3.63, 3.8) is 0 Å². The normalized spacial score (nSPS) is 11.5. The molecule has 1 N–H and O–H groups in total. The van der Waals surface area contributed by atoms with Crippen LogP contribution in [0.4, 0.5) is 0 Å². The molecule has 2 rings (SSSR count). The number of methoxy groups -OCH3 is 1. The zero-order valence-corrected chi connectivity index (χ0v) is 12.9. The highest BCUT2D eigenvalue weighted by Gasteiger charge is 2.18. The molecule has 0 bridgehead atoms. The number of nitrogens with one attached hydrogen (secondary N) is 1. The van der Waals surface area contributed by atoms with E-state index >= 15 is 0 Å². The highest BCUT2D eigenvalue weighted by Crippen LogP contribution is 2.20. The van der Waals surface area contributed by atoms with E-state index in [-0.39, 0.29) is 5.91 Å². The Labute approximate surface area is 131 Å². The van der Waals surface area contributed by atoms with Crippen molar-refractivity contribution in [1.29, 1.82) is 0 Å². The average Bonchev–Trinajstić information content (AvgIpc) is 2.58. The van der Waals surface area contributed by atoms with Crippen LogP contribution >= 0.6 is 0 Å². The molecular formula is C18H21NO3. The molecule has 2 aromatic carbocycles. The summed E-state index contributed by atoms with van der Waals surface area (Å²) < 4.78 is 10.9. The Hall–Kier alpha value is -2.49. The van der Waals surface area contributed by atoms with Gasteiger partial charge in [-0.05, 0) is 24.1 Å². The minimum atomic E-state index is -0.518. The predicted molar refractivity (Wildman–Crippen MR) is 86.0 cm³/mol. The largest absolute Gasteiger partial charge is 0.497 e. The first-order chi connectivity index (χ1) is 10.7. The Kier molecular flexibility index (Phi) is 5.83. The Morgan fingerprint density at radius 3 is 2.50 bits per heavy atom. The van der Waals surface area contributed by atoms with Crippen molar-refractivity contribution in [2.75, 3.05) is 7.11 Å². The maximum atomic E-state index is 12.2. The zero-order valence-electron chi connectivity index (χ0n) is 12.9. The smallest absolute Gasteiger partial charge is 0.261 e. The SMILES string of the molecule is CCC(Oc1cccc(OC)c1)C(=O)NCc1ccccc1. The summed E-state index contributed by atoms with van der Waals surface area (Å²) in [6, 6.07) is 17.1. The van der Waals surface area contributed by atoms with Gasteiger partial charge in [0.1, 0.15) is 11.5 Å². The van der Waals surface area contributed by atoms with E-state index in [4.69, 9.17) is 9.47 Å². The number of carbonyl (C=O) groups is 1. The van der Waals surface area contributed by atoms with E-state index < -0.39 is 6.10 Å². The summed E-state index contributed by atoms with van der Waals surface area (Å²) in [6.45, 7) is 2.42. The minimum absolute atomic E-state index is 0.117. The molecule has 0 aromatic heterocycles. The molecule has 0 radical (unpaired) electrons. The fourth-order valence-electron chi connectivity index (χ4n) is 2.06. The molecule has 1 atom stereocenters. The molecule has 22 heavy (non-hydrogen) atoms. The average molecular weight is 299 g/mol. The van der Waals surface area contributed by atoms with Crippen LogP contribution in [-0.4, -0.2) is 19.1 Å². The van der Waals surface area contributed by atoms with Crippen molar-refractivity contribution in [1.82, 2.24) is 5.32 Å². The van der Waals surface area contributed by atoms with Gasteiger partial charge in [0.2, 0.25) is 0 Å². The van der Waals surface area contributed by atoms with E-state index in [9.17, 15) is 4.79 Å². The van der Waals surface area contributed by atoms with Gasteiger partial charge in [-0.2, -0.15) is 0 Å². The third-order valence-corrected chi connectivity index (χ3v) is 3.29. The van der Waals surface area contributed by atoms with Gasteiger partial charge >= 0.3 is 0 Å². The van der Waals surface area contributed by atoms with Crippen LogP contribution < -0.4 is 14.8 Å². The maximum absolute atomic E-state index is 12.2. The van der Waals surface area contributed by atoms with E-state index in [1.165, 1.54) is 0 Å². The van der Waals surface area contributed by atoms with Crippen LogP contribution in [0, 0.1) is 0 Å². The fraction of sp³-hybridized carbons (Fsp3) is 0.278. The van der Waals surface area contributed by atoms with Crippen molar-refractivity contribution in [2.24, 2.45) is 0 Å². The molecule has 0 saturated heterocycles. The summed E-state index contributed by atoms with van der Waals surface area (Å²) in [5, 5.41) is 2.90. The van der Waals surface area contributed by atoms with E-state index in [2.05, 4.69) is 5.32 Å². The topological polar surface area (TPSA) is 47.6 Å². The Bertz CT molecular complexity index is 598. The van der Waals surface area contributed by atoms with Gasteiger partial charge in [0, 0.05) is 12.6 Å². The van der Waals surface area contributed by atoms with Gasteiger partial charge in [-0.25, -0.2) is 0 Å². The van der Waals surface area contributed by atoms with Gasteiger partial charge in [0.25, 0.3) is 5.91 Å². The van der Waals surface area contributed by atoms with E-state index in [1.807, 2.05) is 55.5 Å². The molecule has 1 amide bonds. The molecule has 0 heterocycles. The van der Waals surface area contributed by atoms with Crippen LogP contribution in [0.25, 0.3) is 0 Å². The van der Waals surface area contributed by atoms with Gasteiger partial charge in [-0.1, -0.05) is 43.3 Å². The summed E-state index contributed by atoms with van der Waals surface area (Å²) >= 11 is 0. The molecule has 4 nitrogen and oxygen atoms in total. The molecule has 0 saturated carbocycles. The van der Waals surface area contributed by atoms with Crippen molar-refractivity contribution >= 4 is 5.91 Å². The third-order valence-electron chi connectivity index (χ3n) is 3.29. The number of carbonyl (C=O) groups excluding carboxylic acids is 1. The van der Waals surface area contributed by atoms with Crippen molar-refractivity contribution in [2.45, 2.75) is 26.0 Å². The molecule has 1 unspecified atom stereocenters. The standard InChI is InChI=1S/C18H21NO3/c1-3-17(22-16-11-7-10-15(12-16)21-2)18(20)19-13-14-8-5-4-6-9-14/h4-12,17H,3,13H2,1-2H3,(H,19,20). The van der Waals surface area contributed by atoms with Crippen LogP contribution in [0.5, 0.6) is 11.5 Å². The van der Waals surface area contributed by atoms with Crippen molar-refractivity contribution in [3.8, 4) is 11.5 Å². The zero-order chi connectivity index (χ0) is 15.8. The van der Waals surface area contributed by atoms with Crippen LogP contribution in [0.2, 0.25) is 0 Å². The summed E-state index contributed by atoms with van der Waals surface area (Å²) in [5.74, 6) is 1.22. The molecule has 2 aromatic rings. The second-order valence-electron chi connectivity index (χ2n) is 4.90. The lowest BCUT2D eigenvalue weighted by Crippen LogP contribution is -2.37. The third kappa shape index (κ3) is 4.52. The number of rotatable bonds is 7. The predicted octanol–water partition coefficient (Wildman–Crippen LogP) is 3.17. The molecule has 0 aliphatic carbocycles. The molecule has 0 aliphatic heterocycles. The number of ether oxygens (including phenoxy) is 2. The summed E-state index contributed by atoms with van der Waals surface area (Å²) in [5.41, 5.74) is 1.06. The Morgan fingerprint density at radius 1 is 1.09 bits per heavy atom. The van der Waals surface area contributed by atoms with Crippen LogP contribution in [0.15, 0.2) is 54.6 Å². The van der Waals surface area contributed by atoms with Gasteiger partial charge < -0.3 is 14.8 Å². The van der Waals surface area contributed by atoms with Crippen LogP contribution in [-0.2, 0) is 11.3 Å². The monoisotopic (exact) mass is 299 g/mol. The number of hydrogen-bond donors (Lipinski definition) is 1. The summed E-state index contributed by atoms with van der Waals surface area (Å²) in [6.07, 6.45) is 0.0773. The lowest BCUT2D eigenvalue weighted by Gasteiger charge is -2.17. The van der Waals surface area contributed by atoms with E-state index in [0.717, 1.165) is 5.56 Å². The van der Waals surface area contributed by atoms with Gasteiger partial charge in [-0.15, -0.1) is 0 Å². The Balaban J connectivity index is 1.93. The second-order valence-corrected chi connectivity index (χ2v) is 4.90. The fourth-order valence-corrected chi connectivity index (χ4v) is 2.06. The van der Waals surface area contributed by atoms with Crippen molar-refractivity contribution in [3.05, 3.63) is 60.2 Å². The maximum Gasteiger partial charge on any atom is 0.261 e. The first kappa shape index (κ1) is 15.9. The van der Waals surface area contributed by atoms with Crippen LogP contribution in [0.1, 0.15) is 18.9 Å². The minimum Gasteiger partial charge on any atom is -0.497 e. The molecular weight excluding hydrogens is 278 g/mol. The van der Waals surface area contributed by atoms with Gasteiger partial charge in [-0.3, -0.25) is 4.79 Å². The van der Waals surface area contributed by atoms with E-state index in [0.29, 0.717) is 24.5 Å². The molecule has 116 valence electrons. The molecule has 0 spiro atoms. The van der Waals surface area contributed by atoms with Gasteiger partial charge in [0.05, 0.1) is 7.11 Å². The quantitative estimate of drug-likeness (QED) is 0.854. The van der Waals surface area contributed by atoms with Gasteiger partial charge in [0.15, 0.2) is 6.10 Å². The van der Waals surface area contributed by atoms with E-state index in [1.54, 1.807) is 13.2 Å². The lowest BCUT2D eigenvalue weighted by molar-refractivity contribution is -0.128. The first-order valence-electron chi connectivity index (χ1n) is 7.35. The molecule has 4 heteroatoms. The Morgan fingerprint density at radius 2 is 1.82 bits per heavy atom. The summed E-state index contributed by atoms with van der Waals surface area (Å²) in [4.78, 5) is 12.2. The lowest BCUT2D eigenvalue weighted by atomic mass is 10.2. The number of hydrogen-bond acceptors (Lipinski definition) is 3. The summed E-state index contributed by atoms with van der Waals surface area (Å²) in [7, 11) is 1.60. The first-order valence-corrected chi connectivity index (χ1v) is 7.35. The highest BCUT2D eigenvalue weighted by molar-refractivity contribution is 5.81. The molecule has 0 aliphatic rings. The van der Waals surface area contributed by atoms with Crippen molar-refractivity contribution < 1.29 is 14.3 Å². The number of benzene rings is 2. The molecule has 0 fully saturated rings. The number of amides is 1. The van der Waals surface area contributed by atoms with Crippen LogP contribution in [0.3, 0.4) is 0 Å². The highest BCUT2D eigenvalue weighted by atomic mass is 16.5. The second kappa shape index (κ2) is 8.08.